The molecule has 1 rings (SSSR count). The highest BCUT2D eigenvalue weighted by Gasteiger charge is 2.04. The summed E-state index contributed by atoms with van der Waals surface area (Å²) in [5.41, 5.74) is 0.979. The van der Waals surface area contributed by atoms with Crippen LogP contribution in [-0.4, -0.2) is 37.9 Å². The van der Waals surface area contributed by atoms with E-state index in [0.717, 1.165) is 5.56 Å². The van der Waals surface area contributed by atoms with Crippen molar-refractivity contribution in [3.05, 3.63) is 29.8 Å². The van der Waals surface area contributed by atoms with Crippen LogP contribution in [0.5, 0.6) is 5.75 Å². The summed E-state index contributed by atoms with van der Waals surface area (Å²) in [6, 6.07) is 6.47. The predicted molar refractivity (Wildman–Crippen MR) is 86.6 cm³/mol. The van der Waals surface area contributed by atoms with Gasteiger partial charge in [0, 0.05) is 19.5 Å². The fraction of sp³-hybridized carbons (Fsp3) is 0.467. The van der Waals surface area contributed by atoms with Gasteiger partial charge in [-0.2, -0.15) is 8.78 Å². The summed E-state index contributed by atoms with van der Waals surface area (Å²) < 4.78 is 32.9. The minimum atomic E-state index is -2.81. The number of esters is 1. The third-order valence-electron chi connectivity index (χ3n) is 2.92. The zero-order chi connectivity index (χ0) is 17.1. The second kappa shape index (κ2) is 10.7. The Morgan fingerprint density at radius 1 is 1.22 bits per heavy atom. The molecule has 0 bridgehead atoms. The summed E-state index contributed by atoms with van der Waals surface area (Å²) >= 11 is 5.10. The zero-order valence-electron chi connectivity index (χ0n) is 12.8. The van der Waals surface area contributed by atoms with Crippen molar-refractivity contribution < 1.29 is 23.0 Å². The molecule has 0 aliphatic heterocycles. The second-order valence-corrected chi connectivity index (χ2v) is 5.04. The molecule has 5 nitrogen and oxygen atoms in total. The predicted octanol–water partition coefficient (Wildman–Crippen LogP) is 2.25. The van der Waals surface area contributed by atoms with Crippen molar-refractivity contribution >= 4 is 23.3 Å². The van der Waals surface area contributed by atoms with E-state index in [0.29, 0.717) is 37.5 Å². The van der Waals surface area contributed by atoms with Crippen LogP contribution in [0.25, 0.3) is 0 Å². The lowest BCUT2D eigenvalue weighted by Crippen LogP contribution is -2.37. The van der Waals surface area contributed by atoms with Crippen LogP contribution in [0.3, 0.4) is 0 Å². The van der Waals surface area contributed by atoms with Gasteiger partial charge in [0.15, 0.2) is 5.11 Å². The van der Waals surface area contributed by atoms with E-state index in [9.17, 15) is 13.6 Å². The van der Waals surface area contributed by atoms with Gasteiger partial charge in [0.2, 0.25) is 0 Å². The number of benzene rings is 1. The maximum Gasteiger partial charge on any atom is 0.387 e. The molecule has 2 N–H and O–H groups in total. The zero-order valence-corrected chi connectivity index (χ0v) is 13.6. The average molecular weight is 346 g/mol. The minimum absolute atomic E-state index is 0.138. The van der Waals surface area contributed by atoms with Gasteiger partial charge in [0.05, 0.1) is 7.11 Å². The normalized spacial score (nSPS) is 10.3. The molecule has 8 heteroatoms. The van der Waals surface area contributed by atoms with E-state index in [1.54, 1.807) is 12.1 Å². The van der Waals surface area contributed by atoms with E-state index < -0.39 is 6.61 Å². The molecule has 128 valence electrons. The smallest absolute Gasteiger partial charge is 0.387 e. The highest BCUT2D eigenvalue weighted by Crippen LogP contribution is 2.14. The lowest BCUT2D eigenvalue weighted by atomic mass is 10.1. The first-order valence-corrected chi connectivity index (χ1v) is 7.54. The largest absolute Gasteiger partial charge is 0.469 e. The molecule has 1 aromatic carbocycles. The van der Waals surface area contributed by atoms with E-state index in [1.807, 2.05) is 0 Å². The first-order valence-electron chi connectivity index (χ1n) is 7.13. The number of nitrogens with one attached hydrogen (secondary N) is 2. The van der Waals surface area contributed by atoms with Crippen LogP contribution in [0, 0.1) is 0 Å². The lowest BCUT2D eigenvalue weighted by molar-refractivity contribution is -0.140. The van der Waals surface area contributed by atoms with Gasteiger partial charge in [-0.05, 0) is 42.8 Å². The van der Waals surface area contributed by atoms with Gasteiger partial charge in [-0.15, -0.1) is 0 Å². The first kappa shape index (κ1) is 19.1. The summed E-state index contributed by atoms with van der Waals surface area (Å²) in [6.45, 7) is -1.62. The standard InChI is InChI=1S/C15H20F2N2O3S/c1-21-13(20)3-2-9-18-15(23)19-10-8-11-4-6-12(7-5-11)22-14(16)17/h4-7,14H,2-3,8-10H2,1H3,(H2,18,19,23). The van der Waals surface area contributed by atoms with Crippen molar-refractivity contribution in [2.24, 2.45) is 0 Å². The number of carbonyl (C=O) groups excluding carboxylic acids is 1. The molecule has 23 heavy (non-hydrogen) atoms. The van der Waals surface area contributed by atoms with Crippen molar-refractivity contribution in [1.29, 1.82) is 0 Å². The molecule has 0 aliphatic carbocycles. The van der Waals surface area contributed by atoms with Crippen molar-refractivity contribution in [2.45, 2.75) is 25.9 Å². The fourth-order valence-corrected chi connectivity index (χ4v) is 1.96. The van der Waals surface area contributed by atoms with Gasteiger partial charge in [0.1, 0.15) is 5.75 Å². The number of ether oxygens (including phenoxy) is 2. The quantitative estimate of drug-likeness (QED) is 0.406. The number of thiocarbonyl (C=S) groups is 1. The van der Waals surface area contributed by atoms with Crippen LogP contribution >= 0.6 is 12.2 Å². The van der Waals surface area contributed by atoms with Gasteiger partial charge in [0.25, 0.3) is 0 Å². The maximum atomic E-state index is 12.0. The van der Waals surface area contributed by atoms with Gasteiger partial charge >= 0.3 is 12.6 Å². The summed E-state index contributed by atoms with van der Waals surface area (Å²) in [4.78, 5) is 10.9. The molecule has 0 heterocycles. The van der Waals surface area contributed by atoms with E-state index in [1.165, 1.54) is 19.2 Å². The Hall–Kier alpha value is -1.96. The second-order valence-electron chi connectivity index (χ2n) is 4.63. The first-order chi connectivity index (χ1) is 11.0. The number of carbonyl (C=O) groups is 1. The summed E-state index contributed by atoms with van der Waals surface area (Å²) in [5, 5.41) is 6.53. The average Bonchev–Trinajstić information content (AvgIpc) is 2.52. The maximum absolute atomic E-state index is 12.0. The fourth-order valence-electron chi connectivity index (χ4n) is 1.76. The van der Waals surface area contributed by atoms with Crippen LogP contribution in [0.15, 0.2) is 24.3 Å². The minimum Gasteiger partial charge on any atom is -0.469 e. The molecule has 0 saturated carbocycles. The van der Waals surface area contributed by atoms with Crippen LogP contribution in [0.2, 0.25) is 0 Å². The van der Waals surface area contributed by atoms with Crippen LogP contribution < -0.4 is 15.4 Å². The molecule has 0 saturated heterocycles. The Kier molecular flexibility index (Phi) is 8.89. The molecule has 1 aromatic rings. The highest BCUT2D eigenvalue weighted by atomic mass is 32.1. The summed E-state index contributed by atoms with van der Waals surface area (Å²) in [6.07, 6.45) is 1.68. The molecule has 0 aromatic heterocycles. The van der Waals surface area contributed by atoms with Crippen molar-refractivity contribution in [3.8, 4) is 5.75 Å². The van der Waals surface area contributed by atoms with Gasteiger partial charge in [-0.25, -0.2) is 0 Å². The van der Waals surface area contributed by atoms with Gasteiger partial charge in [-0.1, -0.05) is 12.1 Å². The number of alkyl halides is 2. The molecule has 0 amide bonds. The third-order valence-corrected chi connectivity index (χ3v) is 3.21. The Morgan fingerprint density at radius 2 is 1.87 bits per heavy atom. The molecule has 0 spiro atoms. The van der Waals surface area contributed by atoms with Crippen LogP contribution in [0.4, 0.5) is 8.78 Å². The van der Waals surface area contributed by atoms with Crippen molar-refractivity contribution in [1.82, 2.24) is 10.6 Å². The molecular formula is C15H20F2N2O3S. The molecule has 0 unspecified atom stereocenters. The topological polar surface area (TPSA) is 59.6 Å². The van der Waals surface area contributed by atoms with E-state index in [2.05, 4.69) is 20.1 Å². The van der Waals surface area contributed by atoms with E-state index >= 15 is 0 Å². The van der Waals surface area contributed by atoms with Gasteiger partial charge in [-0.3, -0.25) is 4.79 Å². The molecule has 0 aliphatic rings. The van der Waals surface area contributed by atoms with Crippen molar-refractivity contribution in [3.63, 3.8) is 0 Å². The Morgan fingerprint density at radius 3 is 2.48 bits per heavy atom. The van der Waals surface area contributed by atoms with Crippen LogP contribution in [0.1, 0.15) is 18.4 Å². The summed E-state index contributed by atoms with van der Waals surface area (Å²) in [7, 11) is 1.36. The Balaban J connectivity index is 2.15. The van der Waals surface area contributed by atoms with Gasteiger partial charge < -0.3 is 20.1 Å². The van der Waals surface area contributed by atoms with E-state index in [-0.39, 0.29) is 11.7 Å². The highest BCUT2D eigenvalue weighted by molar-refractivity contribution is 7.80. The number of rotatable bonds is 9. The molecular weight excluding hydrogens is 326 g/mol. The molecule has 0 atom stereocenters. The Labute approximate surface area is 139 Å². The summed E-state index contributed by atoms with van der Waals surface area (Å²) in [5.74, 6) is -0.107. The molecule has 0 fully saturated rings. The number of hydrogen-bond acceptors (Lipinski definition) is 4. The SMILES string of the molecule is COC(=O)CCCNC(=S)NCCc1ccc(OC(F)F)cc1. The van der Waals surface area contributed by atoms with E-state index in [4.69, 9.17) is 12.2 Å². The number of hydrogen-bond donors (Lipinski definition) is 2. The number of halogens is 2. The monoisotopic (exact) mass is 346 g/mol. The van der Waals surface area contributed by atoms with Crippen molar-refractivity contribution in [2.75, 3.05) is 20.2 Å². The Bertz CT molecular complexity index is 498. The van der Waals surface area contributed by atoms with Crippen LogP contribution in [-0.2, 0) is 16.0 Å². The molecule has 0 radical (unpaired) electrons. The third kappa shape index (κ3) is 8.92. The number of methoxy groups -OCH3 is 1. The lowest BCUT2D eigenvalue weighted by Gasteiger charge is -2.10.